The molecule has 5 nitrogen and oxygen atoms in total. The molecule has 0 radical (unpaired) electrons. The number of carbonyl (C=O) groups excluding carboxylic acids is 2. The highest BCUT2D eigenvalue weighted by Crippen LogP contribution is 2.31. The van der Waals surface area contributed by atoms with Crippen LogP contribution in [0.2, 0.25) is 0 Å². The summed E-state index contributed by atoms with van der Waals surface area (Å²) in [6, 6.07) is 19.1. The molecule has 1 aliphatic heterocycles. The van der Waals surface area contributed by atoms with Crippen molar-refractivity contribution >= 4 is 23.3 Å². The zero-order valence-corrected chi connectivity index (χ0v) is 18.3. The van der Waals surface area contributed by atoms with Crippen LogP contribution in [0.25, 0.3) is 0 Å². The topological polar surface area (TPSA) is 52.6 Å². The number of anilines is 2. The average molecular weight is 432 g/mol. The molecule has 1 aliphatic rings. The SMILES string of the molecule is Cc1ccc(CN2CCCN(c3ccc(C)cc3NC(=O)c3ccc(F)cc3)C2=O)cc1. The fraction of sp³-hybridized carbons (Fsp3) is 0.231. The normalized spacial score (nSPS) is 13.9. The van der Waals surface area contributed by atoms with Gasteiger partial charge in [-0.25, -0.2) is 9.18 Å². The molecule has 6 heteroatoms. The predicted octanol–water partition coefficient (Wildman–Crippen LogP) is 5.53. The third kappa shape index (κ3) is 4.80. The van der Waals surface area contributed by atoms with Gasteiger partial charge in [0.2, 0.25) is 0 Å². The van der Waals surface area contributed by atoms with Gasteiger partial charge in [0.15, 0.2) is 0 Å². The van der Waals surface area contributed by atoms with E-state index >= 15 is 0 Å². The van der Waals surface area contributed by atoms with E-state index in [-0.39, 0.29) is 11.9 Å². The summed E-state index contributed by atoms with van der Waals surface area (Å²) in [7, 11) is 0. The van der Waals surface area contributed by atoms with Crippen LogP contribution in [0.3, 0.4) is 0 Å². The number of amides is 3. The Morgan fingerprint density at radius 2 is 1.62 bits per heavy atom. The molecule has 0 spiro atoms. The minimum atomic E-state index is -0.398. The summed E-state index contributed by atoms with van der Waals surface area (Å²) < 4.78 is 13.2. The van der Waals surface area contributed by atoms with Gasteiger partial charge in [-0.3, -0.25) is 9.69 Å². The number of rotatable bonds is 5. The maximum absolute atomic E-state index is 13.3. The van der Waals surface area contributed by atoms with Crippen molar-refractivity contribution in [2.45, 2.75) is 26.8 Å². The van der Waals surface area contributed by atoms with Gasteiger partial charge in [-0.2, -0.15) is 0 Å². The summed E-state index contributed by atoms with van der Waals surface area (Å²) in [4.78, 5) is 29.6. The standard InChI is InChI=1S/C26H26FN3O2/c1-18-4-7-20(8-5-18)17-29-14-3-15-30(26(29)32)24-13-6-19(2)16-23(24)28-25(31)21-9-11-22(27)12-10-21/h4-13,16H,3,14-15,17H2,1-2H3,(H,28,31). The van der Waals surface area contributed by atoms with E-state index in [1.807, 2.05) is 61.2 Å². The monoisotopic (exact) mass is 431 g/mol. The second-order valence-electron chi connectivity index (χ2n) is 8.18. The molecule has 32 heavy (non-hydrogen) atoms. The number of benzene rings is 3. The Bertz CT molecular complexity index is 1130. The minimum Gasteiger partial charge on any atom is -0.320 e. The van der Waals surface area contributed by atoms with Crippen LogP contribution in [0.1, 0.15) is 33.5 Å². The lowest BCUT2D eigenvalue weighted by molar-refractivity contribution is 0.102. The van der Waals surface area contributed by atoms with Crippen molar-refractivity contribution in [1.82, 2.24) is 4.90 Å². The summed E-state index contributed by atoms with van der Waals surface area (Å²) >= 11 is 0. The quantitative estimate of drug-likeness (QED) is 0.578. The van der Waals surface area contributed by atoms with Crippen LogP contribution in [0.15, 0.2) is 66.7 Å². The molecule has 3 aromatic rings. The minimum absolute atomic E-state index is 0.0852. The first-order chi connectivity index (χ1) is 15.4. The molecular formula is C26H26FN3O2. The molecule has 0 atom stereocenters. The van der Waals surface area contributed by atoms with Crippen molar-refractivity contribution in [3.05, 3.63) is 94.8 Å². The molecular weight excluding hydrogens is 405 g/mol. The molecule has 1 N–H and O–H groups in total. The number of hydrogen-bond acceptors (Lipinski definition) is 2. The Labute approximate surface area is 187 Å². The maximum atomic E-state index is 13.3. The molecule has 1 saturated heterocycles. The smallest absolute Gasteiger partial charge is 0.320 e. The molecule has 0 aliphatic carbocycles. The van der Waals surface area contributed by atoms with Crippen molar-refractivity contribution in [2.75, 3.05) is 23.3 Å². The highest BCUT2D eigenvalue weighted by molar-refractivity contribution is 6.07. The van der Waals surface area contributed by atoms with Crippen molar-refractivity contribution in [3.8, 4) is 0 Å². The van der Waals surface area contributed by atoms with Crippen LogP contribution in [0.4, 0.5) is 20.6 Å². The molecule has 0 unspecified atom stereocenters. The zero-order chi connectivity index (χ0) is 22.7. The van der Waals surface area contributed by atoms with E-state index in [9.17, 15) is 14.0 Å². The molecule has 0 aromatic heterocycles. The molecule has 1 heterocycles. The van der Waals surface area contributed by atoms with E-state index < -0.39 is 5.82 Å². The number of carbonyl (C=O) groups is 2. The predicted molar refractivity (Wildman–Crippen MR) is 124 cm³/mol. The highest BCUT2D eigenvalue weighted by Gasteiger charge is 2.28. The summed E-state index contributed by atoms with van der Waals surface area (Å²) in [5.41, 5.74) is 4.80. The Balaban J connectivity index is 1.56. The molecule has 0 saturated carbocycles. The molecule has 4 rings (SSSR count). The molecule has 0 bridgehead atoms. The van der Waals surface area contributed by atoms with Crippen LogP contribution < -0.4 is 10.2 Å². The largest absolute Gasteiger partial charge is 0.324 e. The van der Waals surface area contributed by atoms with Crippen LogP contribution in [0, 0.1) is 19.7 Å². The van der Waals surface area contributed by atoms with Gasteiger partial charge in [-0.1, -0.05) is 35.9 Å². The first kappa shape index (κ1) is 21.6. The average Bonchev–Trinajstić information content (AvgIpc) is 2.78. The van der Waals surface area contributed by atoms with E-state index in [0.29, 0.717) is 36.6 Å². The van der Waals surface area contributed by atoms with Crippen LogP contribution in [-0.2, 0) is 6.54 Å². The van der Waals surface area contributed by atoms with Gasteiger partial charge in [-0.15, -0.1) is 0 Å². The summed E-state index contributed by atoms with van der Waals surface area (Å²) in [5, 5.41) is 2.90. The lowest BCUT2D eigenvalue weighted by Gasteiger charge is -2.36. The van der Waals surface area contributed by atoms with Gasteiger partial charge in [0.25, 0.3) is 5.91 Å². The lowest BCUT2D eigenvalue weighted by atomic mass is 10.1. The van der Waals surface area contributed by atoms with Gasteiger partial charge in [0.1, 0.15) is 5.82 Å². The van der Waals surface area contributed by atoms with Gasteiger partial charge in [0, 0.05) is 25.2 Å². The van der Waals surface area contributed by atoms with Gasteiger partial charge in [-0.05, 0) is 67.8 Å². The van der Waals surface area contributed by atoms with Crippen molar-refractivity contribution in [3.63, 3.8) is 0 Å². The summed E-state index contributed by atoms with van der Waals surface area (Å²) in [5.74, 6) is -0.747. The molecule has 3 amide bonds. The zero-order valence-electron chi connectivity index (χ0n) is 18.3. The Morgan fingerprint density at radius 1 is 0.938 bits per heavy atom. The summed E-state index contributed by atoms with van der Waals surface area (Å²) in [6.07, 6.45) is 0.830. The highest BCUT2D eigenvalue weighted by atomic mass is 19.1. The Kier molecular flexibility index (Phi) is 6.21. The first-order valence-electron chi connectivity index (χ1n) is 10.7. The number of halogens is 1. The fourth-order valence-electron chi connectivity index (χ4n) is 3.85. The maximum Gasteiger partial charge on any atom is 0.324 e. The van der Waals surface area contributed by atoms with Crippen molar-refractivity contribution in [2.24, 2.45) is 0 Å². The Hall–Kier alpha value is -3.67. The van der Waals surface area contributed by atoms with Crippen molar-refractivity contribution in [1.29, 1.82) is 0 Å². The summed E-state index contributed by atoms with van der Waals surface area (Å²) in [6.45, 7) is 5.77. The van der Waals surface area contributed by atoms with Crippen LogP contribution >= 0.6 is 0 Å². The first-order valence-corrected chi connectivity index (χ1v) is 10.7. The van der Waals surface area contributed by atoms with Gasteiger partial charge >= 0.3 is 6.03 Å². The third-order valence-corrected chi connectivity index (χ3v) is 5.60. The van der Waals surface area contributed by atoms with E-state index in [2.05, 4.69) is 5.32 Å². The lowest BCUT2D eigenvalue weighted by Crippen LogP contribution is -2.49. The van der Waals surface area contributed by atoms with E-state index in [4.69, 9.17) is 0 Å². The van der Waals surface area contributed by atoms with Crippen molar-refractivity contribution < 1.29 is 14.0 Å². The number of hydrogen-bond donors (Lipinski definition) is 1. The second-order valence-corrected chi connectivity index (χ2v) is 8.18. The van der Waals surface area contributed by atoms with E-state index in [1.165, 1.54) is 29.8 Å². The van der Waals surface area contributed by atoms with Gasteiger partial charge in [0.05, 0.1) is 11.4 Å². The fourth-order valence-corrected chi connectivity index (χ4v) is 3.85. The van der Waals surface area contributed by atoms with Crippen LogP contribution in [0.5, 0.6) is 0 Å². The van der Waals surface area contributed by atoms with Gasteiger partial charge < -0.3 is 10.2 Å². The number of urea groups is 1. The number of nitrogens with one attached hydrogen (secondary N) is 1. The Morgan fingerprint density at radius 3 is 2.34 bits per heavy atom. The molecule has 164 valence electrons. The number of nitrogens with zero attached hydrogens (tertiary/aromatic N) is 2. The molecule has 3 aromatic carbocycles. The number of aryl methyl sites for hydroxylation is 2. The van der Waals surface area contributed by atoms with Crippen LogP contribution in [-0.4, -0.2) is 29.9 Å². The van der Waals surface area contributed by atoms with E-state index in [0.717, 1.165) is 17.5 Å². The van der Waals surface area contributed by atoms with E-state index in [1.54, 1.807) is 4.90 Å². The molecule has 1 fully saturated rings. The second kappa shape index (κ2) is 9.22. The third-order valence-electron chi connectivity index (χ3n) is 5.60.